The maximum Gasteiger partial charge on any atom is 0.144 e. The van der Waals surface area contributed by atoms with Gasteiger partial charge < -0.3 is 24.9 Å². The molecule has 1 saturated heterocycles. The molecular weight excluding hydrogens is 355 g/mol. The number of hydrogen-bond donors (Lipinski definition) is 2. The highest BCUT2D eigenvalue weighted by Gasteiger charge is 2.29. The zero-order valence-corrected chi connectivity index (χ0v) is 16.2. The number of aromatic amines is 1. The van der Waals surface area contributed by atoms with Gasteiger partial charge in [0.1, 0.15) is 24.0 Å². The molecule has 0 radical (unpaired) electrons. The first kappa shape index (κ1) is 18.3. The normalized spacial score (nSPS) is 17.4. The summed E-state index contributed by atoms with van der Waals surface area (Å²) >= 11 is 0. The minimum Gasteiger partial charge on any atom is -0.381 e. The fourth-order valence-electron chi connectivity index (χ4n) is 3.87. The molecule has 6 heteroatoms. The van der Waals surface area contributed by atoms with Crippen LogP contribution in [-0.4, -0.2) is 43.0 Å². The van der Waals surface area contributed by atoms with E-state index in [0.29, 0.717) is 13.1 Å². The predicted octanol–water partition coefficient (Wildman–Crippen LogP) is 4.02. The molecule has 4 rings (SSSR count). The number of anilines is 3. The van der Waals surface area contributed by atoms with Gasteiger partial charge in [0, 0.05) is 36.6 Å². The fraction of sp³-hybridized carbons (Fsp3) is 0.318. The van der Waals surface area contributed by atoms with Crippen LogP contribution in [0.15, 0.2) is 48.5 Å². The van der Waals surface area contributed by atoms with Gasteiger partial charge in [0.2, 0.25) is 0 Å². The van der Waals surface area contributed by atoms with Crippen molar-refractivity contribution in [2.45, 2.75) is 25.9 Å². The van der Waals surface area contributed by atoms with Crippen LogP contribution in [-0.2, 0) is 4.79 Å². The minimum absolute atomic E-state index is 0.190. The topological polar surface area (TPSA) is 51.4 Å². The number of para-hydroxylation sites is 1. The largest absolute Gasteiger partial charge is 0.381 e. The molecule has 146 valence electrons. The number of aldehydes is 1. The fourth-order valence-corrected chi connectivity index (χ4v) is 3.87. The Morgan fingerprint density at radius 1 is 1.18 bits per heavy atom. The molecule has 2 heterocycles. The number of carbonyl (C=O) groups excluding carboxylic acids is 1. The predicted molar refractivity (Wildman–Crippen MR) is 113 cm³/mol. The van der Waals surface area contributed by atoms with Crippen molar-refractivity contribution in [1.29, 1.82) is 0 Å². The molecule has 2 aromatic carbocycles. The first-order valence-electron chi connectivity index (χ1n) is 9.66. The lowest BCUT2D eigenvalue weighted by Gasteiger charge is -2.41. The number of halogens is 1. The van der Waals surface area contributed by atoms with E-state index in [1.54, 1.807) is 6.07 Å². The Morgan fingerprint density at radius 2 is 2.00 bits per heavy atom. The van der Waals surface area contributed by atoms with E-state index in [-0.39, 0.29) is 17.9 Å². The van der Waals surface area contributed by atoms with Gasteiger partial charge in [-0.05, 0) is 44.2 Å². The van der Waals surface area contributed by atoms with Crippen molar-refractivity contribution >= 4 is 34.4 Å². The Labute approximate surface area is 164 Å². The zero-order chi connectivity index (χ0) is 19.7. The first-order chi connectivity index (χ1) is 13.5. The monoisotopic (exact) mass is 380 g/mol. The smallest absolute Gasteiger partial charge is 0.144 e. The first-order valence-corrected chi connectivity index (χ1v) is 9.66. The Bertz CT molecular complexity index is 951. The zero-order valence-electron chi connectivity index (χ0n) is 16.2. The van der Waals surface area contributed by atoms with E-state index in [9.17, 15) is 9.18 Å². The van der Waals surface area contributed by atoms with Crippen LogP contribution >= 0.6 is 0 Å². The molecule has 0 amide bonds. The number of fused-ring (bicyclic) bond motifs is 1. The van der Waals surface area contributed by atoms with E-state index in [4.69, 9.17) is 0 Å². The summed E-state index contributed by atoms with van der Waals surface area (Å²) in [7, 11) is 0. The molecule has 2 N–H and O–H groups in total. The maximum absolute atomic E-state index is 13.8. The van der Waals surface area contributed by atoms with Crippen molar-refractivity contribution in [3.8, 4) is 0 Å². The molecule has 1 aliphatic rings. The number of H-pyrrole nitrogens is 1. The summed E-state index contributed by atoms with van der Waals surface area (Å²) in [6.45, 7) is 6.05. The van der Waals surface area contributed by atoms with Gasteiger partial charge in [0.25, 0.3) is 0 Å². The Morgan fingerprint density at radius 3 is 2.75 bits per heavy atom. The van der Waals surface area contributed by atoms with Gasteiger partial charge in [0.15, 0.2) is 0 Å². The molecule has 28 heavy (non-hydrogen) atoms. The van der Waals surface area contributed by atoms with Gasteiger partial charge in [0.05, 0.1) is 11.4 Å². The summed E-state index contributed by atoms with van der Waals surface area (Å²) in [5.41, 5.74) is 2.75. The molecule has 0 aliphatic carbocycles. The van der Waals surface area contributed by atoms with Gasteiger partial charge in [-0.15, -0.1) is 0 Å². The third kappa shape index (κ3) is 3.54. The molecule has 1 fully saturated rings. The number of aromatic nitrogens is 1. The van der Waals surface area contributed by atoms with Crippen molar-refractivity contribution < 1.29 is 9.18 Å². The number of rotatable bonds is 5. The molecule has 1 unspecified atom stereocenters. The summed E-state index contributed by atoms with van der Waals surface area (Å²) in [5.74, 6) is 0.688. The molecule has 0 saturated carbocycles. The van der Waals surface area contributed by atoms with Crippen LogP contribution in [0.1, 0.15) is 13.8 Å². The molecular formula is C22H25FN4O. The van der Waals surface area contributed by atoms with Crippen LogP contribution < -0.4 is 15.1 Å². The van der Waals surface area contributed by atoms with Crippen LogP contribution in [0.3, 0.4) is 0 Å². The van der Waals surface area contributed by atoms with Gasteiger partial charge in [-0.2, -0.15) is 0 Å². The molecule has 0 bridgehead atoms. The third-order valence-corrected chi connectivity index (χ3v) is 5.14. The molecule has 0 spiro atoms. The number of hydrogen-bond acceptors (Lipinski definition) is 4. The summed E-state index contributed by atoms with van der Waals surface area (Å²) in [6.07, 6.45) is 0.997. The van der Waals surface area contributed by atoms with Crippen molar-refractivity contribution in [2.24, 2.45) is 0 Å². The Hall–Kier alpha value is -3.02. The van der Waals surface area contributed by atoms with Crippen LogP contribution in [0.25, 0.3) is 10.9 Å². The van der Waals surface area contributed by atoms with Gasteiger partial charge in [-0.3, -0.25) is 0 Å². The molecule has 1 aliphatic heterocycles. The van der Waals surface area contributed by atoms with E-state index in [2.05, 4.69) is 32.2 Å². The van der Waals surface area contributed by atoms with E-state index < -0.39 is 0 Å². The van der Waals surface area contributed by atoms with E-state index >= 15 is 0 Å². The summed E-state index contributed by atoms with van der Waals surface area (Å²) < 4.78 is 13.8. The number of piperazine rings is 1. The quantitative estimate of drug-likeness (QED) is 0.657. The maximum atomic E-state index is 13.8. The van der Waals surface area contributed by atoms with Gasteiger partial charge in [-0.25, -0.2) is 4.39 Å². The molecule has 1 aromatic heterocycles. The van der Waals surface area contributed by atoms with Crippen LogP contribution in [0.5, 0.6) is 0 Å². The second kappa shape index (κ2) is 7.54. The van der Waals surface area contributed by atoms with Crippen LogP contribution in [0, 0.1) is 5.82 Å². The van der Waals surface area contributed by atoms with Crippen LogP contribution in [0.2, 0.25) is 0 Å². The van der Waals surface area contributed by atoms with E-state index in [1.807, 2.05) is 32.0 Å². The Kier molecular flexibility index (Phi) is 4.94. The summed E-state index contributed by atoms with van der Waals surface area (Å²) in [4.78, 5) is 19.6. The van der Waals surface area contributed by atoms with Crippen molar-refractivity contribution in [3.63, 3.8) is 0 Å². The highest BCUT2D eigenvalue weighted by atomic mass is 19.1. The average Bonchev–Trinajstić information content (AvgIpc) is 3.11. The summed E-state index contributed by atoms with van der Waals surface area (Å²) in [6, 6.07) is 14.9. The lowest BCUT2D eigenvalue weighted by molar-refractivity contribution is -0.109. The minimum atomic E-state index is -0.279. The molecule has 1 atom stereocenters. The summed E-state index contributed by atoms with van der Waals surface area (Å²) in [5, 5.41) is 4.45. The second-order valence-electron chi connectivity index (χ2n) is 7.55. The standard InChI is InChI=1S/C22H25FN4O/c1-15(2)24-20-12-17(23)7-8-21(20)26-9-10-27(18(13-26)14-28)22-11-16-5-3-4-6-19(16)25-22/h3-8,11-12,14-15,18,24-25H,9-10,13H2,1-2H3. The second-order valence-corrected chi connectivity index (χ2v) is 7.55. The van der Waals surface area contributed by atoms with Gasteiger partial charge >= 0.3 is 0 Å². The van der Waals surface area contributed by atoms with Gasteiger partial charge in [-0.1, -0.05) is 18.2 Å². The lowest BCUT2D eigenvalue weighted by Crippen LogP contribution is -2.54. The van der Waals surface area contributed by atoms with E-state index in [1.165, 1.54) is 12.1 Å². The highest BCUT2D eigenvalue weighted by Crippen LogP contribution is 2.31. The number of nitrogens with one attached hydrogen (secondary N) is 2. The van der Waals surface area contributed by atoms with Crippen LogP contribution in [0.4, 0.5) is 21.6 Å². The Balaban J connectivity index is 1.59. The molecule has 3 aromatic rings. The third-order valence-electron chi connectivity index (χ3n) is 5.14. The number of benzene rings is 2. The number of nitrogens with zero attached hydrogens (tertiary/aromatic N) is 2. The average molecular weight is 380 g/mol. The van der Waals surface area contributed by atoms with Crippen molar-refractivity contribution in [1.82, 2.24) is 4.98 Å². The van der Waals surface area contributed by atoms with Crippen molar-refractivity contribution in [3.05, 3.63) is 54.3 Å². The van der Waals surface area contributed by atoms with Crippen molar-refractivity contribution in [2.75, 3.05) is 34.8 Å². The number of carbonyl (C=O) groups is 1. The highest BCUT2D eigenvalue weighted by molar-refractivity contribution is 5.85. The lowest BCUT2D eigenvalue weighted by atomic mass is 10.1. The molecule has 5 nitrogen and oxygen atoms in total. The SMILES string of the molecule is CC(C)Nc1cc(F)ccc1N1CCN(c2cc3ccccc3[nH]2)C(C=O)C1. The van der Waals surface area contributed by atoms with E-state index in [0.717, 1.165) is 40.9 Å².